The van der Waals surface area contributed by atoms with Crippen LogP contribution in [0.15, 0.2) is 18.2 Å². The summed E-state index contributed by atoms with van der Waals surface area (Å²) in [5.41, 5.74) is 4.54. The molecule has 0 unspecified atom stereocenters. The van der Waals surface area contributed by atoms with Gasteiger partial charge in [-0.25, -0.2) is 4.39 Å². The Morgan fingerprint density at radius 1 is 1.06 bits per heavy atom. The van der Waals surface area contributed by atoms with Gasteiger partial charge in [0.1, 0.15) is 5.82 Å². The second kappa shape index (κ2) is 5.45. The first-order valence-electron chi connectivity index (χ1n) is 5.15. The van der Waals surface area contributed by atoms with Crippen LogP contribution in [0.4, 0.5) is 17.6 Å². The van der Waals surface area contributed by atoms with Crippen LogP contribution in [-0.2, 0) is 6.18 Å². The Hall–Kier alpha value is -0.810. The molecule has 0 spiro atoms. The monoisotopic (exact) mass is 285 g/mol. The molecule has 104 valence electrons. The van der Waals surface area contributed by atoms with Gasteiger partial charge in [-0.3, -0.25) is 0 Å². The molecular formula is C12H16ClF4N. The fourth-order valence-corrected chi connectivity index (χ4v) is 1.46. The third-order valence-electron chi connectivity index (χ3n) is 2.54. The van der Waals surface area contributed by atoms with Crippen molar-refractivity contribution in [1.29, 1.82) is 0 Å². The Morgan fingerprint density at radius 2 is 1.56 bits per heavy atom. The minimum absolute atomic E-state index is 0. The van der Waals surface area contributed by atoms with Crippen molar-refractivity contribution in [2.75, 3.05) is 0 Å². The maximum atomic E-state index is 13.2. The Labute approximate surface area is 110 Å². The zero-order valence-corrected chi connectivity index (χ0v) is 11.1. The molecule has 6 heteroatoms. The molecule has 1 nitrogen and oxygen atoms in total. The summed E-state index contributed by atoms with van der Waals surface area (Å²) in [4.78, 5) is 0. The average molecular weight is 286 g/mol. The van der Waals surface area contributed by atoms with Gasteiger partial charge in [-0.15, -0.1) is 12.4 Å². The quantitative estimate of drug-likeness (QED) is 0.765. The lowest BCUT2D eigenvalue weighted by atomic mass is 9.82. The highest BCUT2D eigenvalue weighted by Gasteiger charge is 2.33. The molecule has 0 aliphatic rings. The summed E-state index contributed by atoms with van der Waals surface area (Å²) in [5.74, 6) is -0.922. The number of benzene rings is 1. The molecule has 1 aromatic carbocycles. The highest BCUT2D eigenvalue weighted by Crippen LogP contribution is 2.35. The first-order chi connectivity index (χ1) is 7.51. The fourth-order valence-electron chi connectivity index (χ4n) is 1.46. The number of nitrogens with two attached hydrogens (primary N) is 1. The van der Waals surface area contributed by atoms with Crippen molar-refractivity contribution in [3.8, 4) is 0 Å². The molecule has 0 bridgehead atoms. The van der Waals surface area contributed by atoms with Crippen LogP contribution >= 0.6 is 12.4 Å². The first kappa shape index (κ1) is 17.2. The molecule has 0 saturated heterocycles. The normalized spacial score (nSPS) is 14.0. The van der Waals surface area contributed by atoms with Crippen molar-refractivity contribution < 1.29 is 17.6 Å². The summed E-state index contributed by atoms with van der Waals surface area (Å²) in [5, 5.41) is 0. The van der Waals surface area contributed by atoms with Gasteiger partial charge in [-0.1, -0.05) is 20.8 Å². The van der Waals surface area contributed by atoms with Gasteiger partial charge in [0, 0.05) is 6.04 Å². The number of halogens is 5. The summed E-state index contributed by atoms with van der Waals surface area (Å²) < 4.78 is 50.7. The van der Waals surface area contributed by atoms with Gasteiger partial charge in [0.15, 0.2) is 0 Å². The molecule has 0 amide bonds. The van der Waals surface area contributed by atoms with Crippen LogP contribution in [0.2, 0.25) is 0 Å². The van der Waals surface area contributed by atoms with Gasteiger partial charge in [0.2, 0.25) is 0 Å². The predicted molar refractivity (Wildman–Crippen MR) is 65.0 cm³/mol. The molecule has 1 rings (SSSR count). The summed E-state index contributed by atoms with van der Waals surface area (Å²) in [6.45, 7) is 5.36. The lowest BCUT2D eigenvalue weighted by Gasteiger charge is -2.28. The number of hydrogen-bond donors (Lipinski definition) is 1. The van der Waals surface area contributed by atoms with Crippen LogP contribution in [0, 0.1) is 11.2 Å². The second-order valence-corrected chi connectivity index (χ2v) is 5.11. The lowest BCUT2D eigenvalue weighted by molar-refractivity contribution is -0.137. The molecule has 0 aliphatic carbocycles. The minimum atomic E-state index is -4.56. The van der Waals surface area contributed by atoms with Crippen LogP contribution in [0.1, 0.15) is 37.9 Å². The van der Waals surface area contributed by atoms with Crippen LogP contribution in [0.3, 0.4) is 0 Å². The van der Waals surface area contributed by atoms with E-state index in [4.69, 9.17) is 5.73 Å². The van der Waals surface area contributed by atoms with E-state index in [1.807, 2.05) is 0 Å². The van der Waals surface area contributed by atoms with E-state index in [1.54, 1.807) is 20.8 Å². The molecule has 0 saturated carbocycles. The van der Waals surface area contributed by atoms with E-state index in [9.17, 15) is 17.6 Å². The molecule has 2 N–H and O–H groups in total. The maximum absolute atomic E-state index is 13.2. The van der Waals surface area contributed by atoms with Crippen molar-refractivity contribution in [3.63, 3.8) is 0 Å². The minimum Gasteiger partial charge on any atom is -0.324 e. The Morgan fingerprint density at radius 3 is 1.94 bits per heavy atom. The molecule has 0 fully saturated rings. The van der Waals surface area contributed by atoms with Crippen molar-refractivity contribution >= 4 is 12.4 Å². The van der Waals surface area contributed by atoms with Crippen molar-refractivity contribution in [2.45, 2.75) is 33.0 Å². The van der Waals surface area contributed by atoms with Crippen molar-refractivity contribution in [1.82, 2.24) is 0 Å². The standard InChI is InChI=1S/C12H15F4N.ClH/c1-11(2,3)10(17)7-4-8(12(14,15)16)6-9(13)5-7;/h4-6,10H,17H2,1-3H3;1H/t10-;/m1./s1. The largest absolute Gasteiger partial charge is 0.416 e. The zero-order valence-electron chi connectivity index (χ0n) is 10.3. The SMILES string of the molecule is CC(C)(C)[C@H](N)c1cc(F)cc(C(F)(F)F)c1.Cl. The van der Waals surface area contributed by atoms with Crippen LogP contribution in [0.25, 0.3) is 0 Å². The summed E-state index contributed by atoms with van der Waals surface area (Å²) in [6.07, 6.45) is -4.56. The average Bonchev–Trinajstić information content (AvgIpc) is 2.12. The summed E-state index contributed by atoms with van der Waals surface area (Å²) >= 11 is 0. The molecule has 1 aromatic rings. The Kier molecular flexibility index (Phi) is 5.20. The van der Waals surface area contributed by atoms with Gasteiger partial charge in [-0.05, 0) is 29.2 Å². The van der Waals surface area contributed by atoms with Crippen LogP contribution in [0.5, 0.6) is 0 Å². The van der Waals surface area contributed by atoms with Crippen LogP contribution < -0.4 is 5.73 Å². The van der Waals surface area contributed by atoms with E-state index in [0.717, 1.165) is 12.1 Å². The third kappa shape index (κ3) is 4.14. The molecule has 0 aromatic heterocycles. The Bertz CT molecular complexity index is 410. The molecule has 0 heterocycles. The van der Waals surface area contributed by atoms with Gasteiger partial charge in [-0.2, -0.15) is 13.2 Å². The van der Waals surface area contributed by atoms with E-state index in [1.165, 1.54) is 0 Å². The van der Waals surface area contributed by atoms with Crippen molar-refractivity contribution in [3.05, 3.63) is 35.1 Å². The third-order valence-corrected chi connectivity index (χ3v) is 2.54. The smallest absolute Gasteiger partial charge is 0.324 e. The first-order valence-corrected chi connectivity index (χ1v) is 5.15. The summed E-state index contributed by atoms with van der Waals surface area (Å²) in [6, 6.07) is 1.77. The fraction of sp³-hybridized carbons (Fsp3) is 0.500. The van der Waals surface area contributed by atoms with Gasteiger partial charge in [0.25, 0.3) is 0 Å². The Balaban J connectivity index is 0.00000289. The highest BCUT2D eigenvalue weighted by atomic mass is 35.5. The second-order valence-electron chi connectivity index (χ2n) is 5.11. The predicted octanol–water partition coefficient (Wildman–Crippen LogP) is 4.31. The van der Waals surface area contributed by atoms with Crippen LogP contribution in [-0.4, -0.2) is 0 Å². The summed E-state index contributed by atoms with van der Waals surface area (Å²) in [7, 11) is 0. The highest BCUT2D eigenvalue weighted by molar-refractivity contribution is 5.85. The van der Waals surface area contributed by atoms with Crippen molar-refractivity contribution in [2.24, 2.45) is 11.1 Å². The number of hydrogen-bond acceptors (Lipinski definition) is 1. The molecule has 0 aliphatic heterocycles. The van der Waals surface area contributed by atoms with Gasteiger partial charge >= 0.3 is 6.18 Å². The molecular weight excluding hydrogens is 270 g/mol. The van der Waals surface area contributed by atoms with E-state index in [0.29, 0.717) is 6.07 Å². The van der Waals surface area contributed by atoms with E-state index >= 15 is 0 Å². The van der Waals surface area contributed by atoms with E-state index in [2.05, 4.69) is 0 Å². The lowest BCUT2D eigenvalue weighted by Crippen LogP contribution is -2.26. The topological polar surface area (TPSA) is 26.0 Å². The molecule has 18 heavy (non-hydrogen) atoms. The zero-order chi connectivity index (χ0) is 13.4. The van der Waals surface area contributed by atoms with E-state index < -0.39 is 29.0 Å². The van der Waals surface area contributed by atoms with Gasteiger partial charge < -0.3 is 5.73 Å². The van der Waals surface area contributed by atoms with E-state index in [-0.39, 0.29) is 18.0 Å². The molecule has 0 radical (unpaired) electrons. The number of rotatable bonds is 1. The molecule has 1 atom stereocenters. The number of alkyl halides is 3. The maximum Gasteiger partial charge on any atom is 0.416 e. The van der Waals surface area contributed by atoms with Gasteiger partial charge in [0.05, 0.1) is 5.56 Å².